The lowest BCUT2D eigenvalue weighted by atomic mass is 9.95. The van der Waals surface area contributed by atoms with Crippen LogP contribution in [-0.4, -0.2) is 28.7 Å². The first-order valence-corrected chi connectivity index (χ1v) is 9.08. The van der Waals surface area contributed by atoms with Crippen molar-refractivity contribution in [3.63, 3.8) is 0 Å². The number of aromatic nitrogens is 1. The Balaban J connectivity index is 2.01. The van der Waals surface area contributed by atoms with Gasteiger partial charge in [0.05, 0.1) is 12.2 Å². The summed E-state index contributed by atoms with van der Waals surface area (Å²) in [7, 11) is 0. The van der Waals surface area contributed by atoms with Crippen LogP contribution in [0, 0.1) is 5.41 Å². The van der Waals surface area contributed by atoms with E-state index in [4.69, 9.17) is 4.74 Å². The molecular formula is C21H27N3O2. The van der Waals surface area contributed by atoms with Gasteiger partial charge in [0.25, 0.3) is 0 Å². The molecule has 1 aromatic carbocycles. The quantitative estimate of drug-likeness (QED) is 0.382. The molecule has 0 spiro atoms. The molecule has 1 atom stereocenters. The number of fused-ring (bicyclic) bond motifs is 1. The van der Waals surface area contributed by atoms with Gasteiger partial charge in [-0.05, 0) is 48.9 Å². The van der Waals surface area contributed by atoms with Gasteiger partial charge in [0.1, 0.15) is 0 Å². The van der Waals surface area contributed by atoms with Gasteiger partial charge in [-0.25, -0.2) is 4.98 Å². The highest BCUT2D eigenvalue weighted by molar-refractivity contribution is 6.11. The summed E-state index contributed by atoms with van der Waals surface area (Å²) in [5.74, 6) is 0.965. The Morgan fingerprint density at radius 2 is 2.04 bits per heavy atom. The Hall–Kier alpha value is -2.56. The second-order valence-corrected chi connectivity index (χ2v) is 8.02. The summed E-state index contributed by atoms with van der Waals surface area (Å²) in [4.78, 5) is 6.47. The maximum absolute atomic E-state index is 9.89. The van der Waals surface area contributed by atoms with Crippen LogP contribution in [0.5, 0.6) is 5.88 Å². The Morgan fingerprint density at radius 1 is 1.27 bits per heavy atom. The van der Waals surface area contributed by atoms with Gasteiger partial charge in [-0.1, -0.05) is 44.1 Å². The Labute approximate surface area is 155 Å². The topological polar surface area (TPSA) is 58.0 Å². The van der Waals surface area contributed by atoms with Crippen molar-refractivity contribution >= 4 is 11.5 Å². The van der Waals surface area contributed by atoms with Gasteiger partial charge >= 0.3 is 0 Å². The van der Waals surface area contributed by atoms with Crippen LogP contribution in [-0.2, 0) is 6.42 Å². The zero-order chi connectivity index (χ0) is 18.7. The largest absolute Gasteiger partial charge is 0.477 e. The predicted octanol–water partition coefficient (Wildman–Crippen LogP) is 4.48. The molecule has 0 saturated heterocycles. The van der Waals surface area contributed by atoms with Gasteiger partial charge in [-0.3, -0.25) is 0 Å². The first kappa shape index (κ1) is 18.2. The number of hydrogen-bond donors (Lipinski definition) is 1. The minimum atomic E-state index is 0.0102. The average Bonchev–Trinajstić information content (AvgIpc) is 2.62. The van der Waals surface area contributed by atoms with Crippen molar-refractivity contribution < 1.29 is 9.94 Å². The smallest absolute Gasteiger partial charge is 0.224 e. The van der Waals surface area contributed by atoms with E-state index in [-0.39, 0.29) is 11.5 Å². The molecule has 0 saturated carbocycles. The van der Waals surface area contributed by atoms with E-state index in [1.807, 2.05) is 24.3 Å². The van der Waals surface area contributed by atoms with Crippen molar-refractivity contribution in [2.24, 2.45) is 10.6 Å². The highest BCUT2D eigenvalue weighted by Gasteiger charge is 2.30. The summed E-state index contributed by atoms with van der Waals surface area (Å²) >= 11 is 0. The first-order chi connectivity index (χ1) is 12.4. The lowest BCUT2D eigenvalue weighted by Gasteiger charge is -2.37. The number of amidine groups is 1. The molecule has 138 valence electrons. The van der Waals surface area contributed by atoms with Crippen molar-refractivity contribution in [2.45, 2.75) is 46.6 Å². The van der Waals surface area contributed by atoms with E-state index >= 15 is 0 Å². The molecule has 1 aliphatic rings. The molecule has 1 aliphatic heterocycles. The second-order valence-electron chi connectivity index (χ2n) is 8.02. The van der Waals surface area contributed by atoms with Gasteiger partial charge in [0.15, 0.2) is 5.84 Å². The van der Waals surface area contributed by atoms with Crippen LogP contribution in [0.15, 0.2) is 47.8 Å². The summed E-state index contributed by atoms with van der Waals surface area (Å²) in [6.07, 6.45) is 3.71. The molecule has 1 aromatic heterocycles. The fraction of sp³-hybridized carbons (Fsp3) is 0.429. The molecule has 5 heteroatoms. The van der Waals surface area contributed by atoms with E-state index in [0.717, 1.165) is 18.5 Å². The first-order valence-electron chi connectivity index (χ1n) is 9.08. The van der Waals surface area contributed by atoms with Gasteiger partial charge < -0.3 is 14.8 Å². The lowest BCUT2D eigenvalue weighted by molar-refractivity contribution is 0.191. The Kier molecular flexibility index (Phi) is 5.16. The number of nitrogens with zero attached hydrogens (tertiary/aromatic N) is 3. The lowest BCUT2D eigenvalue weighted by Crippen LogP contribution is -2.43. The molecule has 26 heavy (non-hydrogen) atoms. The highest BCUT2D eigenvalue weighted by Crippen LogP contribution is 2.33. The summed E-state index contributed by atoms with van der Waals surface area (Å²) in [5.41, 5.74) is 3.04. The number of para-hydroxylation sites is 1. The molecule has 2 heterocycles. The summed E-state index contributed by atoms with van der Waals surface area (Å²) < 4.78 is 5.97. The van der Waals surface area contributed by atoms with Crippen LogP contribution in [0.3, 0.4) is 0 Å². The maximum atomic E-state index is 9.89. The molecule has 1 N–H and O–H groups in total. The van der Waals surface area contributed by atoms with Gasteiger partial charge in [-0.2, -0.15) is 0 Å². The molecule has 0 aliphatic carbocycles. The maximum Gasteiger partial charge on any atom is 0.224 e. The van der Waals surface area contributed by atoms with E-state index in [9.17, 15) is 5.21 Å². The third-order valence-corrected chi connectivity index (χ3v) is 4.50. The molecule has 0 radical (unpaired) electrons. The molecular weight excluding hydrogens is 326 g/mol. The van der Waals surface area contributed by atoms with Crippen LogP contribution in [0.2, 0.25) is 0 Å². The zero-order valence-corrected chi connectivity index (χ0v) is 15.9. The predicted molar refractivity (Wildman–Crippen MR) is 104 cm³/mol. The van der Waals surface area contributed by atoms with Crippen molar-refractivity contribution in [3.05, 3.63) is 53.7 Å². The Morgan fingerprint density at radius 3 is 2.77 bits per heavy atom. The summed E-state index contributed by atoms with van der Waals surface area (Å²) in [5, 5.41) is 13.5. The van der Waals surface area contributed by atoms with Crippen LogP contribution in [0.25, 0.3) is 0 Å². The third-order valence-electron chi connectivity index (χ3n) is 4.50. The Bertz CT molecular complexity index is 796. The third kappa shape index (κ3) is 3.82. The molecule has 2 aromatic rings. The van der Waals surface area contributed by atoms with Crippen molar-refractivity contribution in [3.8, 4) is 5.88 Å². The molecule has 0 amide bonds. The summed E-state index contributed by atoms with van der Waals surface area (Å²) in [6, 6.07) is 12.2. The number of aryl methyl sites for hydroxylation is 1. The van der Waals surface area contributed by atoms with Crippen LogP contribution in [0.1, 0.15) is 45.2 Å². The molecule has 1 unspecified atom stereocenters. The fourth-order valence-corrected chi connectivity index (χ4v) is 3.20. The van der Waals surface area contributed by atoms with Gasteiger partial charge in [0, 0.05) is 17.9 Å². The molecule has 5 nitrogen and oxygen atoms in total. The highest BCUT2D eigenvalue weighted by atomic mass is 16.5. The van der Waals surface area contributed by atoms with Gasteiger partial charge in [0.2, 0.25) is 5.88 Å². The van der Waals surface area contributed by atoms with E-state index in [0.29, 0.717) is 23.9 Å². The number of anilines is 1. The SMILES string of the molecule is CC1CCc2ccccc2N1/C(=N\O)c1cccnc1OCC(C)(C)C. The number of hydrogen-bond acceptors (Lipinski definition) is 4. The second kappa shape index (κ2) is 7.36. The molecule has 3 rings (SSSR count). The van der Waals surface area contributed by atoms with E-state index in [1.165, 1.54) is 5.56 Å². The minimum Gasteiger partial charge on any atom is -0.477 e. The van der Waals surface area contributed by atoms with Crippen LogP contribution < -0.4 is 9.64 Å². The van der Waals surface area contributed by atoms with Crippen molar-refractivity contribution in [1.82, 2.24) is 4.98 Å². The number of pyridine rings is 1. The standard InChI is InChI=1S/C21H27N3O2/c1-15-11-12-16-8-5-6-10-18(16)24(15)19(23-25)17-9-7-13-22-20(17)26-14-21(2,3)4/h5-10,13,15,25H,11-12,14H2,1-4H3/b23-19-. The van der Waals surface area contributed by atoms with E-state index in [1.54, 1.807) is 6.20 Å². The normalized spacial score (nSPS) is 17.8. The number of benzene rings is 1. The van der Waals surface area contributed by atoms with E-state index < -0.39 is 0 Å². The van der Waals surface area contributed by atoms with Crippen molar-refractivity contribution in [1.29, 1.82) is 0 Å². The average molecular weight is 353 g/mol. The van der Waals surface area contributed by atoms with E-state index in [2.05, 4.69) is 54.9 Å². The fourth-order valence-electron chi connectivity index (χ4n) is 3.20. The number of ether oxygens (including phenoxy) is 1. The summed E-state index contributed by atoms with van der Waals surface area (Å²) in [6.45, 7) is 9.01. The van der Waals surface area contributed by atoms with Crippen molar-refractivity contribution in [2.75, 3.05) is 11.5 Å². The van der Waals surface area contributed by atoms with Crippen LogP contribution >= 0.6 is 0 Å². The molecule has 0 bridgehead atoms. The number of rotatable bonds is 3. The monoisotopic (exact) mass is 353 g/mol. The van der Waals surface area contributed by atoms with Crippen LogP contribution in [0.4, 0.5) is 5.69 Å². The zero-order valence-electron chi connectivity index (χ0n) is 15.9. The minimum absolute atomic E-state index is 0.0102. The number of oxime groups is 1. The van der Waals surface area contributed by atoms with Gasteiger partial charge in [-0.15, -0.1) is 0 Å². The molecule has 0 fully saturated rings.